The van der Waals surface area contributed by atoms with Gasteiger partial charge in [-0.05, 0) is 30.2 Å². The molecule has 0 unspecified atom stereocenters. The summed E-state index contributed by atoms with van der Waals surface area (Å²) in [5.41, 5.74) is 3.14. The number of anilines is 1. The highest BCUT2D eigenvalue weighted by Crippen LogP contribution is 2.39. The topological polar surface area (TPSA) is 90.8 Å². The third-order valence-corrected chi connectivity index (χ3v) is 4.34. The van der Waals surface area contributed by atoms with Crippen LogP contribution in [-0.4, -0.2) is 23.6 Å². The van der Waals surface area contributed by atoms with Crippen molar-refractivity contribution in [1.29, 1.82) is 5.26 Å². The van der Waals surface area contributed by atoms with Gasteiger partial charge in [0, 0.05) is 29.9 Å². The van der Waals surface area contributed by atoms with Crippen molar-refractivity contribution in [3.05, 3.63) is 52.1 Å². The van der Waals surface area contributed by atoms with Crippen molar-refractivity contribution in [2.24, 2.45) is 0 Å². The fraction of sp³-hybridized carbons (Fsp3) is 0.167. The predicted octanol–water partition coefficient (Wildman–Crippen LogP) is 2.44. The molecule has 0 spiro atoms. The maximum absolute atomic E-state index is 12.7. The molecule has 118 valence electrons. The standard InChI is InChI=1S/C18H14N4O2/c1-24-14-7-12-13(8-19)16(10-3-2-5-20-9-10)22-18(23)15(12)11-4-6-21-17(11)14/h2-3,5,7,9,21H,4,6H2,1H3,(H,22,23). The number of hydrogen-bond donors (Lipinski definition) is 2. The number of aromatic amines is 1. The zero-order chi connectivity index (χ0) is 16.7. The summed E-state index contributed by atoms with van der Waals surface area (Å²) in [6.45, 7) is 0.747. The Morgan fingerprint density at radius 2 is 2.29 bits per heavy atom. The van der Waals surface area contributed by atoms with Crippen LogP contribution in [0.2, 0.25) is 0 Å². The molecule has 0 fully saturated rings. The summed E-state index contributed by atoms with van der Waals surface area (Å²) in [4.78, 5) is 19.7. The summed E-state index contributed by atoms with van der Waals surface area (Å²) in [6, 6.07) is 7.58. The molecule has 1 aromatic carbocycles. The summed E-state index contributed by atoms with van der Waals surface area (Å²) in [7, 11) is 1.59. The van der Waals surface area contributed by atoms with Crippen molar-refractivity contribution in [3.63, 3.8) is 0 Å². The zero-order valence-electron chi connectivity index (χ0n) is 13.0. The lowest BCUT2D eigenvalue weighted by Crippen LogP contribution is -2.12. The molecule has 3 heterocycles. The number of ether oxygens (including phenoxy) is 1. The number of fused-ring (bicyclic) bond motifs is 3. The normalized spacial score (nSPS) is 12.5. The average molecular weight is 318 g/mol. The van der Waals surface area contributed by atoms with Gasteiger partial charge in [0.1, 0.15) is 11.8 Å². The van der Waals surface area contributed by atoms with Crippen molar-refractivity contribution in [2.45, 2.75) is 6.42 Å². The van der Waals surface area contributed by atoms with Crippen molar-refractivity contribution in [1.82, 2.24) is 9.97 Å². The van der Waals surface area contributed by atoms with Gasteiger partial charge in [0.15, 0.2) is 0 Å². The van der Waals surface area contributed by atoms with Crippen LogP contribution in [0, 0.1) is 11.3 Å². The number of pyridine rings is 2. The third kappa shape index (κ3) is 1.95. The number of nitrogens with one attached hydrogen (secondary N) is 2. The van der Waals surface area contributed by atoms with Gasteiger partial charge < -0.3 is 15.0 Å². The van der Waals surface area contributed by atoms with Gasteiger partial charge in [-0.25, -0.2) is 0 Å². The van der Waals surface area contributed by atoms with E-state index in [1.54, 1.807) is 31.6 Å². The van der Waals surface area contributed by atoms with Gasteiger partial charge in [-0.3, -0.25) is 9.78 Å². The fourth-order valence-electron chi connectivity index (χ4n) is 3.30. The highest BCUT2D eigenvalue weighted by molar-refractivity contribution is 5.99. The van der Waals surface area contributed by atoms with Crippen LogP contribution < -0.4 is 15.6 Å². The molecule has 3 aromatic rings. The molecule has 0 saturated heterocycles. The Bertz CT molecular complexity index is 1050. The van der Waals surface area contributed by atoms with E-state index in [0.29, 0.717) is 33.3 Å². The second-order valence-corrected chi connectivity index (χ2v) is 5.59. The van der Waals surface area contributed by atoms with E-state index in [2.05, 4.69) is 21.4 Å². The molecule has 0 atom stereocenters. The molecule has 1 aliphatic rings. The molecular formula is C18H14N4O2. The SMILES string of the molecule is COc1cc2c(C#N)c(-c3cccnc3)[nH]c(=O)c2c2c1NCC2. The zero-order valence-corrected chi connectivity index (χ0v) is 13.0. The van der Waals surface area contributed by atoms with Crippen LogP contribution in [0.25, 0.3) is 22.0 Å². The number of H-pyrrole nitrogens is 1. The van der Waals surface area contributed by atoms with Crippen molar-refractivity contribution >= 4 is 16.5 Å². The Morgan fingerprint density at radius 3 is 3.00 bits per heavy atom. The Kier molecular flexibility index (Phi) is 3.21. The average Bonchev–Trinajstić information content (AvgIpc) is 3.11. The minimum absolute atomic E-state index is 0.203. The van der Waals surface area contributed by atoms with E-state index in [4.69, 9.17) is 4.74 Å². The van der Waals surface area contributed by atoms with Crippen molar-refractivity contribution in [2.75, 3.05) is 19.0 Å². The molecule has 0 radical (unpaired) electrons. The summed E-state index contributed by atoms with van der Waals surface area (Å²) < 4.78 is 5.45. The molecule has 24 heavy (non-hydrogen) atoms. The Labute approximate surface area is 137 Å². The Balaban J connectivity index is 2.15. The minimum atomic E-state index is -0.203. The highest BCUT2D eigenvalue weighted by Gasteiger charge is 2.24. The highest BCUT2D eigenvalue weighted by atomic mass is 16.5. The lowest BCUT2D eigenvalue weighted by atomic mass is 9.96. The monoisotopic (exact) mass is 318 g/mol. The third-order valence-electron chi connectivity index (χ3n) is 4.34. The Morgan fingerprint density at radius 1 is 1.42 bits per heavy atom. The van der Waals surface area contributed by atoms with Crippen LogP contribution in [-0.2, 0) is 6.42 Å². The summed E-state index contributed by atoms with van der Waals surface area (Å²) in [5, 5.41) is 14.2. The van der Waals surface area contributed by atoms with Crippen LogP contribution in [0.3, 0.4) is 0 Å². The first kappa shape index (κ1) is 14.3. The van der Waals surface area contributed by atoms with Gasteiger partial charge in [-0.1, -0.05) is 0 Å². The summed E-state index contributed by atoms with van der Waals surface area (Å²) in [6.07, 6.45) is 4.00. The number of methoxy groups -OCH3 is 1. The van der Waals surface area contributed by atoms with Crippen LogP contribution in [0.4, 0.5) is 5.69 Å². The van der Waals surface area contributed by atoms with E-state index >= 15 is 0 Å². The molecule has 1 aliphatic heterocycles. The first-order valence-corrected chi connectivity index (χ1v) is 7.58. The van der Waals surface area contributed by atoms with E-state index < -0.39 is 0 Å². The smallest absolute Gasteiger partial charge is 0.256 e. The molecule has 6 nitrogen and oxygen atoms in total. The maximum Gasteiger partial charge on any atom is 0.256 e. The number of rotatable bonds is 2. The molecule has 0 bridgehead atoms. The first-order chi connectivity index (χ1) is 11.7. The summed E-state index contributed by atoms with van der Waals surface area (Å²) >= 11 is 0. The number of nitrogens with zero attached hydrogens (tertiary/aromatic N) is 2. The molecular weight excluding hydrogens is 304 g/mol. The Hall–Kier alpha value is -3.33. The second-order valence-electron chi connectivity index (χ2n) is 5.59. The molecule has 4 rings (SSSR count). The molecule has 6 heteroatoms. The largest absolute Gasteiger partial charge is 0.495 e. The van der Waals surface area contributed by atoms with Gasteiger partial charge >= 0.3 is 0 Å². The van der Waals surface area contributed by atoms with Crippen LogP contribution in [0.1, 0.15) is 11.1 Å². The predicted molar refractivity (Wildman–Crippen MR) is 91.3 cm³/mol. The molecule has 2 aromatic heterocycles. The van der Waals surface area contributed by atoms with E-state index in [1.165, 1.54) is 0 Å². The van der Waals surface area contributed by atoms with E-state index in [-0.39, 0.29) is 5.56 Å². The van der Waals surface area contributed by atoms with Crippen molar-refractivity contribution < 1.29 is 4.74 Å². The number of aromatic nitrogens is 2. The minimum Gasteiger partial charge on any atom is -0.495 e. The lowest BCUT2D eigenvalue weighted by molar-refractivity contribution is 0.417. The first-order valence-electron chi connectivity index (χ1n) is 7.58. The number of nitriles is 1. The summed E-state index contributed by atoms with van der Waals surface area (Å²) in [5.74, 6) is 0.647. The van der Waals surface area contributed by atoms with Gasteiger partial charge in [-0.2, -0.15) is 5.26 Å². The number of benzene rings is 1. The van der Waals surface area contributed by atoms with Gasteiger partial charge in [-0.15, -0.1) is 0 Å². The maximum atomic E-state index is 12.7. The molecule has 0 aliphatic carbocycles. The molecule has 0 saturated carbocycles. The van der Waals surface area contributed by atoms with Gasteiger partial charge in [0.2, 0.25) is 0 Å². The van der Waals surface area contributed by atoms with Crippen LogP contribution >= 0.6 is 0 Å². The van der Waals surface area contributed by atoms with Crippen LogP contribution in [0.5, 0.6) is 5.75 Å². The van der Waals surface area contributed by atoms with E-state index in [0.717, 1.165) is 24.2 Å². The van der Waals surface area contributed by atoms with Gasteiger partial charge in [0.25, 0.3) is 5.56 Å². The van der Waals surface area contributed by atoms with Gasteiger partial charge in [0.05, 0.1) is 29.4 Å². The molecule has 2 N–H and O–H groups in total. The van der Waals surface area contributed by atoms with E-state index in [1.807, 2.05) is 6.07 Å². The molecule has 0 amide bonds. The van der Waals surface area contributed by atoms with Crippen LogP contribution in [0.15, 0.2) is 35.4 Å². The van der Waals surface area contributed by atoms with E-state index in [9.17, 15) is 10.1 Å². The lowest BCUT2D eigenvalue weighted by Gasteiger charge is -2.13. The number of hydrogen-bond acceptors (Lipinski definition) is 5. The van der Waals surface area contributed by atoms with Crippen molar-refractivity contribution in [3.8, 4) is 23.1 Å². The fourth-order valence-corrected chi connectivity index (χ4v) is 3.30. The second kappa shape index (κ2) is 5.39. The quantitative estimate of drug-likeness (QED) is 0.757.